The van der Waals surface area contributed by atoms with Crippen LogP contribution >= 0.6 is 0 Å². The van der Waals surface area contributed by atoms with E-state index >= 15 is 0 Å². The SMILES string of the molecule is COc1ccc(C2CC(c3cccc(C)c3)=NN2C(=O)CN2CCC(C)CC2)c(OC)c1. The van der Waals surface area contributed by atoms with Crippen molar-refractivity contribution in [1.82, 2.24) is 9.91 Å². The number of carbonyl (C=O) groups is 1. The molecule has 32 heavy (non-hydrogen) atoms. The van der Waals surface area contributed by atoms with Crippen molar-refractivity contribution >= 4 is 11.6 Å². The summed E-state index contributed by atoms with van der Waals surface area (Å²) in [7, 11) is 3.29. The Morgan fingerprint density at radius 3 is 2.56 bits per heavy atom. The van der Waals surface area contributed by atoms with E-state index in [1.165, 1.54) is 5.56 Å². The van der Waals surface area contributed by atoms with Gasteiger partial charge in [-0.3, -0.25) is 9.69 Å². The van der Waals surface area contributed by atoms with Crippen molar-refractivity contribution < 1.29 is 14.3 Å². The summed E-state index contributed by atoms with van der Waals surface area (Å²) in [5, 5.41) is 6.52. The van der Waals surface area contributed by atoms with Gasteiger partial charge in [-0.05, 0) is 56.5 Å². The second-order valence-corrected chi connectivity index (χ2v) is 8.94. The second-order valence-electron chi connectivity index (χ2n) is 8.94. The standard InChI is InChI=1S/C26H33N3O3/c1-18-10-12-28(13-11-18)17-26(30)29-24(22-9-8-21(31-3)15-25(22)32-4)16-23(27-29)20-7-5-6-19(2)14-20/h5-9,14-15,18,24H,10-13,16-17H2,1-4H3. The van der Waals surface area contributed by atoms with E-state index in [-0.39, 0.29) is 11.9 Å². The number of amides is 1. The molecule has 170 valence electrons. The third-order valence-corrected chi connectivity index (χ3v) is 6.55. The molecule has 0 radical (unpaired) electrons. The molecule has 1 amide bonds. The fourth-order valence-corrected chi connectivity index (χ4v) is 4.56. The molecule has 1 fully saturated rings. The maximum atomic E-state index is 13.5. The molecule has 0 N–H and O–H groups in total. The maximum absolute atomic E-state index is 13.5. The van der Waals surface area contributed by atoms with Gasteiger partial charge in [0.05, 0.1) is 32.5 Å². The summed E-state index contributed by atoms with van der Waals surface area (Å²) >= 11 is 0. The van der Waals surface area contributed by atoms with E-state index in [1.807, 2.05) is 24.3 Å². The highest BCUT2D eigenvalue weighted by Crippen LogP contribution is 2.39. The van der Waals surface area contributed by atoms with Crippen molar-refractivity contribution in [3.05, 3.63) is 59.2 Å². The number of hydrogen-bond donors (Lipinski definition) is 0. The molecule has 2 aromatic rings. The Morgan fingerprint density at radius 2 is 1.88 bits per heavy atom. The number of hydrazone groups is 1. The van der Waals surface area contributed by atoms with Crippen LogP contribution in [0.3, 0.4) is 0 Å². The van der Waals surface area contributed by atoms with Crippen LogP contribution in [-0.2, 0) is 4.79 Å². The first-order valence-electron chi connectivity index (χ1n) is 11.4. The number of piperidine rings is 1. The minimum absolute atomic E-state index is 0.0325. The molecule has 6 nitrogen and oxygen atoms in total. The summed E-state index contributed by atoms with van der Waals surface area (Å²) in [4.78, 5) is 15.7. The van der Waals surface area contributed by atoms with Crippen LogP contribution in [0.5, 0.6) is 11.5 Å². The van der Waals surface area contributed by atoms with Crippen LogP contribution in [0.2, 0.25) is 0 Å². The van der Waals surface area contributed by atoms with E-state index in [1.54, 1.807) is 19.2 Å². The van der Waals surface area contributed by atoms with Crippen LogP contribution < -0.4 is 9.47 Å². The Labute approximate surface area is 190 Å². The molecule has 4 rings (SSSR count). The van der Waals surface area contributed by atoms with Gasteiger partial charge < -0.3 is 9.47 Å². The van der Waals surface area contributed by atoms with Gasteiger partial charge in [0.15, 0.2) is 0 Å². The van der Waals surface area contributed by atoms with Gasteiger partial charge in [0.1, 0.15) is 11.5 Å². The number of carbonyl (C=O) groups excluding carboxylic acids is 1. The molecular weight excluding hydrogens is 402 g/mol. The van der Waals surface area contributed by atoms with E-state index in [0.29, 0.717) is 18.7 Å². The van der Waals surface area contributed by atoms with Crippen LogP contribution in [0.15, 0.2) is 47.6 Å². The average molecular weight is 436 g/mol. The monoisotopic (exact) mass is 435 g/mol. The van der Waals surface area contributed by atoms with Crippen LogP contribution in [0, 0.1) is 12.8 Å². The van der Waals surface area contributed by atoms with Gasteiger partial charge in [-0.15, -0.1) is 0 Å². The lowest BCUT2D eigenvalue weighted by molar-refractivity contribution is -0.134. The predicted molar refractivity (Wildman–Crippen MR) is 126 cm³/mol. The lowest BCUT2D eigenvalue weighted by atomic mass is 9.96. The predicted octanol–water partition coefficient (Wildman–Crippen LogP) is 4.42. The molecule has 0 aliphatic carbocycles. The Hall–Kier alpha value is -2.86. The quantitative estimate of drug-likeness (QED) is 0.674. The van der Waals surface area contributed by atoms with E-state index in [4.69, 9.17) is 14.6 Å². The van der Waals surface area contributed by atoms with Gasteiger partial charge in [0.25, 0.3) is 5.91 Å². The number of hydrogen-bond acceptors (Lipinski definition) is 5. The molecule has 0 bridgehead atoms. The fourth-order valence-electron chi connectivity index (χ4n) is 4.56. The largest absolute Gasteiger partial charge is 0.497 e. The Balaban J connectivity index is 1.64. The zero-order valence-electron chi connectivity index (χ0n) is 19.5. The van der Waals surface area contributed by atoms with Gasteiger partial charge in [0.2, 0.25) is 0 Å². The number of ether oxygens (including phenoxy) is 2. The van der Waals surface area contributed by atoms with Crippen molar-refractivity contribution in [2.24, 2.45) is 11.0 Å². The summed E-state index contributed by atoms with van der Waals surface area (Å²) in [6.45, 7) is 6.68. The van der Waals surface area contributed by atoms with E-state index in [0.717, 1.165) is 54.4 Å². The summed E-state index contributed by atoms with van der Waals surface area (Å²) in [5.74, 6) is 2.20. The Bertz CT molecular complexity index is 996. The van der Waals surface area contributed by atoms with E-state index in [9.17, 15) is 4.79 Å². The molecule has 2 aliphatic heterocycles. The van der Waals surface area contributed by atoms with Crippen LogP contribution in [0.1, 0.15) is 48.9 Å². The summed E-state index contributed by atoms with van der Waals surface area (Å²) in [5.41, 5.74) is 4.11. The lowest BCUT2D eigenvalue weighted by Gasteiger charge is -2.31. The second kappa shape index (κ2) is 9.74. The molecule has 2 aliphatic rings. The van der Waals surface area contributed by atoms with Crippen molar-refractivity contribution in [2.45, 2.75) is 39.2 Å². The third kappa shape index (κ3) is 4.80. The molecule has 1 unspecified atom stereocenters. The number of rotatable bonds is 6. The average Bonchev–Trinajstić information content (AvgIpc) is 3.25. The number of nitrogens with zero attached hydrogens (tertiary/aromatic N) is 3. The minimum Gasteiger partial charge on any atom is -0.497 e. The van der Waals surface area contributed by atoms with Gasteiger partial charge in [-0.25, -0.2) is 5.01 Å². The minimum atomic E-state index is -0.206. The number of benzene rings is 2. The third-order valence-electron chi connectivity index (χ3n) is 6.55. The van der Waals surface area contributed by atoms with Gasteiger partial charge in [-0.1, -0.05) is 36.8 Å². The zero-order valence-corrected chi connectivity index (χ0v) is 19.5. The highest BCUT2D eigenvalue weighted by Gasteiger charge is 2.35. The van der Waals surface area contributed by atoms with Crippen LogP contribution in [0.25, 0.3) is 0 Å². The van der Waals surface area contributed by atoms with Crippen molar-refractivity contribution in [1.29, 1.82) is 0 Å². The van der Waals surface area contributed by atoms with Gasteiger partial charge in [0, 0.05) is 18.1 Å². The summed E-state index contributed by atoms with van der Waals surface area (Å²) < 4.78 is 11.0. The zero-order chi connectivity index (χ0) is 22.7. The molecule has 0 aromatic heterocycles. The maximum Gasteiger partial charge on any atom is 0.257 e. The van der Waals surface area contributed by atoms with Gasteiger partial charge >= 0.3 is 0 Å². The molecule has 1 atom stereocenters. The smallest absolute Gasteiger partial charge is 0.257 e. The number of likely N-dealkylation sites (tertiary alicyclic amines) is 1. The van der Waals surface area contributed by atoms with Gasteiger partial charge in [-0.2, -0.15) is 5.10 Å². The Kier molecular flexibility index (Phi) is 6.80. The number of methoxy groups -OCH3 is 2. The van der Waals surface area contributed by atoms with E-state index < -0.39 is 0 Å². The molecule has 0 saturated carbocycles. The first-order valence-corrected chi connectivity index (χ1v) is 11.4. The Morgan fingerprint density at radius 1 is 1.09 bits per heavy atom. The first-order chi connectivity index (χ1) is 15.5. The molecule has 0 spiro atoms. The molecule has 2 heterocycles. The van der Waals surface area contributed by atoms with Crippen LogP contribution in [0.4, 0.5) is 0 Å². The number of aryl methyl sites for hydroxylation is 1. The van der Waals surface area contributed by atoms with E-state index in [2.05, 4.69) is 36.9 Å². The molecule has 6 heteroatoms. The molecule has 2 aromatic carbocycles. The highest BCUT2D eigenvalue weighted by atomic mass is 16.5. The van der Waals surface area contributed by atoms with Crippen molar-refractivity contribution in [3.8, 4) is 11.5 Å². The highest BCUT2D eigenvalue weighted by molar-refractivity contribution is 6.03. The molecule has 1 saturated heterocycles. The summed E-state index contributed by atoms with van der Waals surface area (Å²) in [6, 6.07) is 13.9. The normalized spacial score (nSPS) is 19.7. The molecular formula is C26H33N3O3. The first kappa shape index (κ1) is 22.3. The lowest BCUT2D eigenvalue weighted by Crippen LogP contribution is -2.41. The van der Waals surface area contributed by atoms with Crippen molar-refractivity contribution in [3.63, 3.8) is 0 Å². The topological polar surface area (TPSA) is 54.4 Å². The fraction of sp³-hybridized carbons (Fsp3) is 0.462. The van der Waals surface area contributed by atoms with Crippen LogP contribution in [-0.4, -0.2) is 55.4 Å². The summed E-state index contributed by atoms with van der Waals surface area (Å²) in [6.07, 6.45) is 2.93. The van der Waals surface area contributed by atoms with Crippen molar-refractivity contribution in [2.75, 3.05) is 33.9 Å².